The zero-order chi connectivity index (χ0) is 19.6. The van der Waals surface area contributed by atoms with Crippen molar-refractivity contribution in [2.24, 2.45) is 5.41 Å². The van der Waals surface area contributed by atoms with E-state index in [2.05, 4.69) is 32.2 Å². The molecule has 3 rings (SSSR count). The highest BCUT2D eigenvalue weighted by Gasteiger charge is 2.33. The molecule has 1 amide bonds. The summed E-state index contributed by atoms with van der Waals surface area (Å²) in [6, 6.07) is 8.08. The van der Waals surface area contributed by atoms with E-state index in [1.807, 2.05) is 29.2 Å². The standard InChI is InChI=1S/C22H27NO3S/c1-22(2,3)10-8-20(24)23-11-9-15-13-17(25-4)18(26-5)14-16(15)21(23)19-7-6-12-27-19/h6-8,10,12-14,21H,9,11H2,1-5H3. The van der Waals surface area contributed by atoms with Crippen molar-refractivity contribution in [2.75, 3.05) is 20.8 Å². The Morgan fingerprint density at radius 2 is 1.93 bits per heavy atom. The summed E-state index contributed by atoms with van der Waals surface area (Å²) in [5.74, 6) is 1.47. The molecule has 1 atom stereocenters. The van der Waals surface area contributed by atoms with Gasteiger partial charge in [0.05, 0.1) is 20.3 Å². The molecule has 0 bridgehead atoms. The van der Waals surface area contributed by atoms with Crippen LogP contribution in [0, 0.1) is 5.41 Å². The summed E-state index contributed by atoms with van der Waals surface area (Å²) in [7, 11) is 3.29. The Labute approximate surface area is 165 Å². The Morgan fingerprint density at radius 3 is 2.52 bits per heavy atom. The highest BCUT2D eigenvalue weighted by Crippen LogP contribution is 2.42. The van der Waals surface area contributed by atoms with Gasteiger partial charge >= 0.3 is 0 Å². The van der Waals surface area contributed by atoms with E-state index >= 15 is 0 Å². The third-order valence-electron chi connectivity index (χ3n) is 4.70. The van der Waals surface area contributed by atoms with E-state index in [1.54, 1.807) is 31.6 Å². The molecule has 0 fully saturated rings. The summed E-state index contributed by atoms with van der Waals surface area (Å²) in [6.45, 7) is 6.96. The number of carbonyl (C=O) groups is 1. The fraction of sp³-hybridized carbons (Fsp3) is 0.409. The summed E-state index contributed by atoms with van der Waals surface area (Å²) >= 11 is 1.67. The average Bonchev–Trinajstić information content (AvgIpc) is 3.17. The maximum absolute atomic E-state index is 13.0. The molecule has 144 valence electrons. The molecule has 0 spiro atoms. The number of hydrogen-bond donors (Lipinski definition) is 0. The highest BCUT2D eigenvalue weighted by molar-refractivity contribution is 7.10. The van der Waals surface area contributed by atoms with Gasteiger partial charge in [-0.1, -0.05) is 32.9 Å². The maximum atomic E-state index is 13.0. The number of ether oxygens (including phenoxy) is 2. The molecule has 1 aromatic heterocycles. The van der Waals surface area contributed by atoms with E-state index in [0.717, 1.165) is 22.6 Å². The first-order valence-corrected chi connectivity index (χ1v) is 10.00. The minimum absolute atomic E-state index is 0.0294. The number of nitrogens with zero attached hydrogens (tertiary/aromatic N) is 1. The van der Waals surface area contributed by atoms with E-state index < -0.39 is 0 Å². The number of fused-ring (bicyclic) bond motifs is 1. The van der Waals surface area contributed by atoms with Gasteiger partial charge in [0.25, 0.3) is 0 Å². The number of methoxy groups -OCH3 is 2. The fourth-order valence-electron chi connectivity index (χ4n) is 3.35. The Morgan fingerprint density at radius 1 is 1.22 bits per heavy atom. The minimum Gasteiger partial charge on any atom is -0.493 e. The topological polar surface area (TPSA) is 38.8 Å². The maximum Gasteiger partial charge on any atom is 0.247 e. The Hall–Kier alpha value is -2.27. The number of hydrogen-bond acceptors (Lipinski definition) is 4. The molecule has 0 aliphatic carbocycles. The van der Waals surface area contributed by atoms with Crippen molar-refractivity contribution in [3.63, 3.8) is 0 Å². The number of thiophene rings is 1. The third kappa shape index (κ3) is 4.19. The van der Waals surface area contributed by atoms with Crippen molar-refractivity contribution in [1.29, 1.82) is 0 Å². The summed E-state index contributed by atoms with van der Waals surface area (Å²) < 4.78 is 11.0. The second-order valence-corrected chi connectivity index (χ2v) is 8.78. The monoisotopic (exact) mass is 385 g/mol. The van der Waals surface area contributed by atoms with Gasteiger partial charge in [0.15, 0.2) is 11.5 Å². The molecule has 2 heterocycles. The molecule has 1 aliphatic heterocycles. The molecule has 0 N–H and O–H groups in total. The van der Waals surface area contributed by atoms with Crippen LogP contribution < -0.4 is 9.47 Å². The zero-order valence-corrected chi connectivity index (χ0v) is 17.4. The highest BCUT2D eigenvalue weighted by atomic mass is 32.1. The lowest BCUT2D eigenvalue weighted by atomic mass is 9.90. The smallest absolute Gasteiger partial charge is 0.247 e. The van der Waals surface area contributed by atoms with Crippen molar-refractivity contribution in [3.8, 4) is 11.5 Å². The van der Waals surface area contributed by atoms with Crippen molar-refractivity contribution in [1.82, 2.24) is 4.90 Å². The van der Waals surface area contributed by atoms with Gasteiger partial charge in [-0.3, -0.25) is 4.79 Å². The van der Waals surface area contributed by atoms with Crippen LogP contribution in [0.5, 0.6) is 11.5 Å². The first-order valence-electron chi connectivity index (χ1n) is 9.12. The van der Waals surface area contributed by atoms with Crippen molar-refractivity contribution in [2.45, 2.75) is 33.2 Å². The van der Waals surface area contributed by atoms with Gasteiger partial charge in [-0.25, -0.2) is 0 Å². The van der Waals surface area contributed by atoms with Crippen LogP contribution in [-0.2, 0) is 11.2 Å². The molecule has 0 radical (unpaired) electrons. The lowest BCUT2D eigenvalue weighted by Gasteiger charge is -2.37. The van der Waals surface area contributed by atoms with E-state index in [-0.39, 0.29) is 17.4 Å². The zero-order valence-electron chi connectivity index (χ0n) is 16.6. The van der Waals surface area contributed by atoms with E-state index in [9.17, 15) is 4.79 Å². The Bertz CT molecular complexity index is 834. The van der Waals surface area contributed by atoms with Crippen LogP contribution in [-0.4, -0.2) is 31.6 Å². The van der Waals surface area contributed by atoms with Crippen LogP contribution in [0.15, 0.2) is 41.8 Å². The molecule has 0 saturated heterocycles. The number of carbonyl (C=O) groups excluding carboxylic acids is 1. The van der Waals surface area contributed by atoms with Crippen molar-refractivity contribution < 1.29 is 14.3 Å². The summed E-state index contributed by atoms with van der Waals surface area (Å²) in [6.07, 6.45) is 4.49. The van der Waals surface area contributed by atoms with Gasteiger partial charge in [0.1, 0.15) is 0 Å². The molecule has 1 unspecified atom stereocenters. The Balaban J connectivity index is 2.05. The number of benzene rings is 1. The van der Waals surface area contributed by atoms with Gasteiger partial charge in [-0.15, -0.1) is 11.3 Å². The van der Waals surface area contributed by atoms with Gasteiger partial charge in [0, 0.05) is 11.4 Å². The normalized spacial score (nSPS) is 17.1. The molecule has 1 aromatic carbocycles. The van der Waals surface area contributed by atoms with Crippen LogP contribution in [0.25, 0.3) is 0 Å². The summed E-state index contributed by atoms with van der Waals surface area (Å²) in [5.41, 5.74) is 2.28. The quantitative estimate of drug-likeness (QED) is 0.707. The number of allylic oxidation sites excluding steroid dienone is 1. The van der Waals surface area contributed by atoms with Crippen molar-refractivity contribution >= 4 is 17.2 Å². The SMILES string of the molecule is COc1cc2c(cc1OC)C(c1cccs1)N(C(=O)C=CC(C)(C)C)CC2. The number of amides is 1. The molecular weight excluding hydrogens is 358 g/mol. The van der Waals surface area contributed by atoms with Crippen molar-refractivity contribution in [3.05, 3.63) is 57.8 Å². The molecule has 4 nitrogen and oxygen atoms in total. The van der Waals surface area contributed by atoms with Gasteiger partial charge in [-0.05, 0) is 52.6 Å². The fourth-order valence-corrected chi connectivity index (χ4v) is 4.21. The minimum atomic E-state index is -0.106. The average molecular weight is 386 g/mol. The van der Waals surface area contributed by atoms with Gasteiger partial charge in [0.2, 0.25) is 5.91 Å². The van der Waals surface area contributed by atoms with Crippen LogP contribution >= 0.6 is 11.3 Å². The molecule has 27 heavy (non-hydrogen) atoms. The largest absolute Gasteiger partial charge is 0.493 e. The lowest BCUT2D eigenvalue weighted by Crippen LogP contribution is -2.39. The molecule has 2 aromatic rings. The van der Waals surface area contributed by atoms with E-state index in [1.165, 1.54) is 5.56 Å². The molecule has 5 heteroatoms. The van der Waals surface area contributed by atoms with Gasteiger partial charge in [-0.2, -0.15) is 0 Å². The van der Waals surface area contributed by atoms with Crippen LogP contribution in [0.3, 0.4) is 0 Å². The Kier molecular flexibility index (Phi) is 5.61. The predicted molar refractivity (Wildman–Crippen MR) is 110 cm³/mol. The predicted octanol–water partition coefficient (Wildman–Crippen LogP) is 4.84. The lowest BCUT2D eigenvalue weighted by molar-refractivity contribution is -0.128. The van der Waals surface area contributed by atoms with Crippen LogP contribution in [0.2, 0.25) is 0 Å². The molecule has 1 aliphatic rings. The van der Waals surface area contributed by atoms with E-state index in [4.69, 9.17) is 9.47 Å². The first-order chi connectivity index (χ1) is 12.8. The van der Waals surface area contributed by atoms with Gasteiger partial charge < -0.3 is 14.4 Å². The summed E-state index contributed by atoms with van der Waals surface area (Å²) in [4.78, 5) is 16.1. The molecule has 0 saturated carbocycles. The van der Waals surface area contributed by atoms with E-state index in [0.29, 0.717) is 12.3 Å². The molecular formula is C22H27NO3S. The first kappa shape index (κ1) is 19.5. The second kappa shape index (κ2) is 7.77. The second-order valence-electron chi connectivity index (χ2n) is 7.80. The summed E-state index contributed by atoms with van der Waals surface area (Å²) in [5, 5.41) is 2.05. The third-order valence-corrected chi connectivity index (χ3v) is 5.62. The van der Waals surface area contributed by atoms with Crippen LogP contribution in [0.4, 0.5) is 0 Å². The van der Waals surface area contributed by atoms with Crippen LogP contribution in [0.1, 0.15) is 42.8 Å². The number of rotatable bonds is 4.